The van der Waals surface area contributed by atoms with E-state index in [0.29, 0.717) is 23.4 Å². The van der Waals surface area contributed by atoms with Crippen LogP contribution in [0.15, 0.2) is 6.33 Å². The maximum absolute atomic E-state index is 5.41. The number of ether oxygens (including phenoxy) is 1. The van der Waals surface area contributed by atoms with Crippen molar-refractivity contribution in [2.75, 3.05) is 23.6 Å². The Morgan fingerprint density at radius 1 is 1.42 bits per heavy atom. The zero-order valence-corrected chi connectivity index (χ0v) is 12.2. The van der Waals surface area contributed by atoms with Crippen LogP contribution in [0.2, 0.25) is 0 Å². The molecule has 1 aliphatic rings. The molecule has 0 spiro atoms. The van der Waals surface area contributed by atoms with Crippen LogP contribution in [0.3, 0.4) is 0 Å². The topological polar surface area (TPSA) is 85.1 Å². The van der Waals surface area contributed by atoms with Crippen molar-refractivity contribution in [3.63, 3.8) is 0 Å². The smallest absolute Gasteiger partial charge is 0.205 e. The number of methoxy groups -OCH3 is 1. The van der Waals surface area contributed by atoms with E-state index >= 15 is 0 Å². The van der Waals surface area contributed by atoms with Gasteiger partial charge in [0.05, 0.1) is 7.11 Å². The summed E-state index contributed by atoms with van der Waals surface area (Å²) in [5, 5.41) is 4.19. The maximum Gasteiger partial charge on any atom is 0.205 e. The molecule has 0 aliphatic heterocycles. The standard InChI is InChI=1S/C12H21N5OS/c1-3-19-9-5-4-8(6-9)16-11-10(18-2)12(17-13)15-7-14-11/h7-9H,3-6,13H2,1-2H3,(H2,14,15,16,17). The van der Waals surface area contributed by atoms with E-state index in [1.165, 1.54) is 18.5 Å². The summed E-state index contributed by atoms with van der Waals surface area (Å²) in [6.07, 6.45) is 5.06. The molecule has 7 heteroatoms. The average Bonchev–Trinajstić information content (AvgIpc) is 2.86. The Hall–Kier alpha value is -1.21. The first-order valence-electron chi connectivity index (χ1n) is 6.52. The number of rotatable bonds is 6. The van der Waals surface area contributed by atoms with Gasteiger partial charge in [-0.2, -0.15) is 11.8 Å². The van der Waals surface area contributed by atoms with Gasteiger partial charge in [0.1, 0.15) is 6.33 Å². The number of nitrogens with one attached hydrogen (secondary N) is 2. The maximum atomic E-state index is 5.41. The molecule has 1 heterocycles. The molecule has 0 saturated heterocycles. The van der Waals surface area contributed by atoms with Gasteiger partial charge < -0.3 is 15.5 Å². The minimum atomic E-state index is 0.443. The number of anilines is 2. The van der Waals surface area contributed by atoms with Gasteiger partial charge >= 0.3 is 0 Å². The van der Waals surface area contributed by atoms with E-state index < -0.39 is 0 Å². The van der Waals surface area contributed by atoms with Crippen LogP contribution in [0.4, 0.5) is 11.6 Å². The second kappa shape index (κ2) is 6.81. The minimum absolute atomic E-state index is 0.443. The number of hydrogen-bond acceptors (Lipinski definition) is 7. The van der Waals surface area contributed by atoms with Crippen LogP contribution in [0, 0.1) is 0 Å². The van der Waals surface area contributed by atoms with E-state index in [0.717, 1.165) is 18.1 Å². The van der Waals surface area contributed by atoms with Gasteiger partial charge in [-0.1, -0.05) is 6.92 Å². The van der Waals surface area contributed by atoms with Crippen LogP contribution in [0.5, 0.6) is 5.75 Å². The molecule has 0 bridgehead atoms. The van der Waals surface area contributed by atoms with Gasteiger partial charge in [-0.25, -0.2) is 15.8 Å². The molecule has 1 aromatic heterocycles. The number of hydrazine groups is 1. The zero-order chi connectivity index (χ0) is 13.7. The van der Waals surface area contributed by atoms with Crippen molar-refractivity contribution in [3.8, 4) is 5.75 Å². The molecular weight excluding hydrogens is 262 g/mol. The zero-order valence-electron chi connectivity index (χ0n) is 11.3. The van der Waals surface area contributed by atoms with Crippen LogP contribution in [0.25, 0.3) is 0 Å². The normalized spacial score (nSPS) is 22.3. The Balaban J connectivity index is 2.03. The molecule has 4 N–H and O–H groups in total. The Morgan fingerprint density at radius 2 is 2.21 bits per heavy atom. The lowest BCUT2D eigenvalue weighted by molar-refractivity contribution is 0.414. The molecule has 1 fully saturated rings. The van der Waals surface area contributed by atoms with Gasteiger partial charge in [-0.15, -0.1) is 0 Å². The van der Waals surface area contributed by atoms with E-state index in [1.54, 1.807) is 7.11 Å². The van der Waals surface area contributed by atoms with Gasteiger partial charge in [-0.05, 0) is 25.0 Å². The first-order valence-corrected chi connectivity index (χ1v) is 7.57. The number of aromatic nitrogens is 2. The summed E-state index contributed by atoms with van der Waals surface area (Å²) in [6.45, 7) is 2.21. The minimum Gasteiger partial charge on any atom is -0.490 e. The molecule has 2 rings (SSSR count). The molecule has 0 aromatic carbocycles. The fourth-order valence-electron chi connectivity index (χ4n) is 2.42. The fourth-order valence-corrected chi connectivity index (χ4v) is 3.57. The quantitative estimate of drug-likeness (QED) is 0.542. The Labute approximate surface area is 117 Å². The lowest BCUT2D eigenvalue weighted by atomic mass is 10.2. The SMILES string of the molecule is CCSC1CCC(Nc2ncnc(NN)c2OC)C1. The molecule has 0 amide bonds. The molecule has 2 unspecified atom stereocenters. The lowest BCUT2D eigenvalue weighted by Crippen LogP contribution is -2.19. The van der Waals surface area contributed by atoms with E-state index in [4.69, 9.17) is 10.6 Å². The lowest BCUT2D eigenvalue weighted by Gasteiger charge is -2.17. The summed E-state index contributed by atoms with van der Waals surface area (Å²) in [4.78, 5) is 8.27. The monoisotopic (exact) mass is 283 g/mol. The van der Waals surface area contributed by atoms with Crippen LogP contribution >= 0.6 is 11.8 Å². The second-order valence-corrected chi connectivity index (χ2v) is 6.06. The summed E-state index contributed by atoms with van der Waals surface area (Å²) in [5.41, 5.74) is 2.52. The van der Waals surface area contributed by atoms with Crippen molar-refractivity contribution in [3.05, 3.63) is 6.33 Å². The second-order valence-electron chi connectivity index (χ2n) is 4.48. The molecular formula is C12H21N5OS. The van der Waals surface area contributed by atoms with Crippen molar-refractivity contribution in [2.24, 2.45) is 5.84 Å². The molecule has 2 atom stereocenters. The number of hydrogen-bond donors (Lipinski definition) is 3. The predicted molar refractivity (Wildman–Crippen MR) is 79.6 cm³/mol. The summed E-state index contributed by atoms with van der Waals surface area (Å²) in [7, 11) is 1.59. The van der Waals surface area contributed by atoms with Crippen molar-refractivity contribution >= 4 is 23.4 Å². The Bertz CT molecular complexity index is 417. The highest BCUT2D eigenvalue weighted by atomic mass is 32.2. The van der Waals surface area contributed by atoms with E-state index in [2.05, 4.69) is 27.6 Å². The van der Waals surface area contributed by atoms with Crippen LogP contribution in [-0.2, 0) is 0 Å². The van der Waals surface area contributed by atoms with E-state index in [1.807, 2.05) is 11.8 Å². The third-order valence-electron chi connectivity index (χ3n) is 3.27. The van der Waals surface area contributed by atoms with Gasteiger partial charge in [0.25, 0.3) is 0 Å². The highest BCUT2D eigenvalue weighted by Crippen LogP contribution is 2.34. The van der Waals surface area contributed by atoms with Gasteiger partial charge in [0.15, 0.2) is 11.6 Å². The molecule has 106 valence electrons. The van der Waals surface area contributed by atoms with E-state index in [9.17, 15) is 0 Å². The summed E-state index contributed by atoms with van der Waals surface area (Å²) >= 11 is 2.03. The van der Waals surface area contributed by atoms with Crippen molar-refractivity contribution in [1.29, 1.82) is 0 Å². The number of thioether (sulfide) groups is 1. The largest absolute Gasteiger partial charge is 0.490 e. The highest BCUT2D eigenvalue weighted by molar-refractivity contribution is 7.99. The Kier molecular flexibility index (Phi) is 5.09. The molecule has 19 heavy (non-hydrogen) atoms. The fraction of sp³-hybridized carbons (Fsp3) is 0.667. The van der Waals surface area contributed by atoms with E-state index in [-0.39, 0.29) is 0 Å². The molecule has 6 nitrogen and oxygen atoms in total. The third kappa shape index (κ3) is 3.42. The Morgan fingerprint density at radius 3 is 2.89 bits per heavy atom. The summed E-state index contributed by atoms with van der Waals surface area (Å²) < 4.78 is 5.32. The van der Waals surface area contributed by atoms with Crippen molar-refractivity contribution in [1.82, 2.24) is 9.97 Å². The number of nitrogens with two attached hydrogens (primary N) is 1. The van der Waals surface area contributed by atoms with Gasteiger partial charge in [0.2, 0.25) is 5.75 Å². The molecule has 1 aliphatic carbocycles. The molecule has 1 aromatic rings. The van der Waals surface area contributed by atoms with Crippen molar-refractivity contribution < 1.29 is 4.74 Å². The summed E-state index contributed by atoms with van der Waals surface area (Å²) in [5.74, 6) is 8.36. The molecule has 0 radical (unpaired) electrons. The number of nitrogen functional groups attached to an aromatic ring is 1. The van der Waals surface area contributed by atoms with Gasteiger partial charge in [0, 0.05) is 11.3 Å². The third-order valence-corrected chi connectivity index (χ3v) is 4.51. The average molecular weight is 283 g/mol. The summed E-state index contributed by atoms with van der Waals surface area (Å²) in [6, 6.07) is 0.443. The molecule has 1 saturated carbocycles. The van der Waals surface area contributed by atoms with Gasteiger partial charge in [-0.3, -0.25) is 0 Å². The van der Waals surface area contributed by atoms with Crippen LogP contribution < -0.4 is 21.3 Å². The van der Waals surface area contributed by atoms with Crippen LogP contribution in [0.1, 0.15) is 26.2 Å². The van der Waals surface area contributed by atoms with Crippen molar-refractivity contribution in [2.45, 2.75) is 37.5 Å². The highest BCUT2D eigenvalue weighted by Gasteiger charge is 2.26. The predicted octanol–water partition coefficient (Wildman–Crippen LogP) is 1.86. The number of nitrogens with zero attached hydrogens (tertiary/aromatic N) is 2. The first-order chi connectivity index (χ1) is 9.28. The van der Waals surface area contributed by atoms with Crippen LogP contribution in [-0.4, -0.2) is 34.1 Å². The first kappa shape index (κ1) is 14.2.